The Labute approximate surface area is 118 Å². The SMILES string of the molecule is CC1(C)CCCC1(CN)N1CCN2CCCCC2C1. The first-order chi connectivity index (χ1) is 9.09. The minimum Gasteiger partial charge on any atom is -0.329 e. The van der Waals surface area contributed by atoms with Gasteiger partial charge in [0.15, 0.2) is 0 Å². The minimum atomic E-state index is 0.274. The quantitative estimate of drug-likeness (QED) is 0.829. The average Bonchev–Trinajstić information content (AvgIpc) is 2.74. The molecule has 0 bridgehead atoms. The molecule has 0 aromatic rings. The third kappa shape index (κ3) is 2.14. The summed E-state index contributed by atoms with van der Waals surface area (Å²) in [6, 6.07) is 0.808. The molecule has 3 aliphatic rings. The number of hydrogen-bond donors (Lipinski definition) is 1. The average molecular weight is 265 g/mol. The highest BCUT2D eigenvalue weighted by Crippen LogP contribution is 2.49. The van der Waals surface area contributed by atoms with E-state index in [1.54, 1.807) is 0 Å². The van der Waals surface area contributed by atoms with Crippen LogP contribution in [-0.2, 0) is 0 Å². The van der Waals surface area contributed by atoms with Crippen molar-refractivity contribution >= 4 is 0 Å². The van der Waals surface area contributed by atoms with Gasteiger partial charge in [0, 0.05) is 37.8 Å². The van der Waals surface area contributed by atoms with E-state index in [0.717, 1.165) is 12.6 Å². The van der Waals surface area contributed by atoms with Crippen LogP contribution in [0.3, 0.4) is 0 Å². The smallest absolute Gasteiger partial charge is 0.0383 e. The van der Waals surface area contributed by atoms with Crippen LogP contribution in [0.5, 0.6) is 0 Å². The topological polar surface area (TPSA) is 32.5 Å². The Bertz CT molecular complexity index is 328. The lowest BCUT2D eigenvalue weighted by atomic mass is 9.73. The molecule has 3 nitrogen and oxygen atoms in total. The fourth-order valence-corrected chi connectivity index (χ4v) is 5.03. The van der Waals surface area contributed by atoms with Gasteiger partial charge in [-0.1, -0.05) is 26.7 Å². The number of piperazine rings is 1. The maximum Gasteiger partial charge on any atom is 0.0383 e. The van der Waals surface area contributed by atoms with E-state index in [9.17, 15) is 0 Å². The first-order valence-corrected chi connectivity index (χ1v) is 8.28. The molecule has 0 amide bonds. The number of nitrogens with zero attached hydrogens (tertiary/aromatic N) is 2. The standard InChI is InChI=1S/C16H31N3/c1-15(2)7-5-8-16(15,13-17)19-11-10-18-9-4-3-6-14(18)12-19/h14H,3-13,17H2,1-2H3. The zero-order valence-corrected chi connectivity index (χ0v) is 12.8. The molecule has 3 rings (SSSR count). The van der Waals surface area contributed by atoms with E-state index in [1.807, 2.05) is 0 Å². The molecule has 0 aromatic heterocycles. The number of piperidine rings is 1. The molecule has 2 heterocycles. The van der Waals surface area contributed by atoms with Gasteiger partial charge in [-0.3, -0.25) is 9.80 Å². The van der Waals surface area contributed by atoms with E-state index in [4.69, 9.17) is 5.73 Å². The van der Waals surface area contributed by atoms with Crippen molar-refractivity contribution in [2.75, 3.05) is 32.7 Å². The van der Waals surface area contributed by atoms with Crippen molar-refractivity contribution in [3.8, 4) is 0 Å². The van der Waals surface area contributed by atoms with E-state index >= 15 is 0 Å². The molecule has 0 spiro atoms. The number of fused-ring (bicyclic) bond motifs is 1. The second-order valence-electron chi connectivity index (χ2n) is 7.60. The monoisotopic (exact) mass is 265 g/mol. The van der Waals surface area contributed by atoms with Crippen molar-refractivity contribution < 1.29 is 0 Å². The summed E-state index contributed by atoms with van der Waals surface area (Å²) in [4.78, 5) is 5.51. The largest absolute Gasteiger partial charge is 0.329 e. The summed E-state index contributed by atoms with van der Waals surface area (Å²) >= 11 is 0. The van der Waals surface area contributed by atoms with Crippen molar-refractivity contribution in [1.82, 2.24) is 9.80 Å². The Balaban J connectivity index is 1.78. The summed E-state index contributed by atoms with van der Waals surface area (Å²) in [7, 11) is 0. The second-order valence-corrected chi connectivity index (χ2v) is 7.60. The Morgan fingerprint density at radius 2 is 1.89 bits per heavy atom. The molecule has 2 atom stereocenters. The van der Waals surface area contributed by atoms with Gasteiger partial charge >= 0.3 is 0 Å². The third-order valence-electron chi connectivity index (χ3n) is 6.43. The van der Waals surface area contributed by atoms with E-state index < -0.39 is 0 Å². The summed E-state index contributed by atoms with van der Waals surface area (Å²) in [5.74, 6) is 0. The van der Waals surface area contributed by atoms with Crippen molar-refractivity contribution in [2.45, 2.75) is 64.0 Å². The number of rotatable bonds is 2. The maximum atomic E-state index is 6.29. The Morgan fingerprint density at radius 1 is 1.05 bits per heavy atom. The molecule has 0 aromatic carbocycles. The molecule has 2 aliphatic heterocycles. The Kier molecular flexibility index (Phi) is 3.65. The first-order valence-electron chi connectivity index (χ1n) is 8.28. The van der Waals surface area contributed by atoms with Crippen LogP contribution in [0, 0.1) is 5.41 Å². The van der Waals surface area contributed by atoms with Crippen molar-refractivity contribution in [2.24, 2.45) is 11.1 Å². The highest BCUT2D eigenvalue weighted by atomic mass is 15.3. The van der Waals surface area contributed by atoms with Gasteiger partial charge in [0.2, 0.25) is 0 Å². The van der Waals surface area contributed by atoms with Crippen molar-refractivity contribution in [1.29, 1.82) is 0 Å². The van der Waals surface area contributed by atoms with Crippen LogP contribution in [-0.4, -0.2) is 54.1 Å². The predicted molar refractivity (Wildman–Crippen MR) is 80.2 cm³/mol. The summed E-state index contributed by atoms with van der Waals surface area (Å²) in [6.45, 7) is 10.8. The molecule has 2 N–H and O–H groups in total. The van der Waals surface area contributed by atoms with E-state index in [1.165, 1.54) is 64.7 Å². The lowest BCUT2D eigenvalue weighted by molar-refractivity contribution is -0.0497. The van der Waals surface area contributed by atoms with Gasteiger partial charge in [-0.15, -0.1) is 0 Å². The zero-order chi connectivity index (χ0) is 13.5. The molecule has 19 heavy (non-hydrogen) atoms. The summed E-state index contributed by atoms with van der Waals surface area (Å²) in [5, 5.41) is 0. The Hall–Kier alpha value is -0.120. The fraction of sp³-hybridized carbons (Fsp3) is 1.00. The van der Waals surface area contributed by atoms with Crippen LogP contribution >= 0.6 is 0 Å². The fourth-order valence-electron chi connectivity index (χ4n) is 5.03. The summed E-state index contributed by atoms with van der Waals surface area (Å²) < 4.78 is 0. The highest BCUT2D eigenvalue weighted by Gasteiger charge is 2.52. The van der Waals surface area contributed by atoms with E-state index in [0.29, 0.717) is 5.41 Å². The molecule has 1 aliphatic carbocycles. The molecule has 0 radical (unpaired) electrons. The van der Waals surface area contributed by atoms with Crippen LogP contribution in [0.4, 0.5) is 0 Å². The lowest BCUT2D eigenvalue weighted by Gasteiger charge is -2.55. The molecule has 110 valence electrons. The molecule has 2 saturated heterocycles. The predicted octanol–water partition coefficient (Wildman–Crippen LogP) is 2.06. The van der Waals surface area contributed by atoms with Gasteiger partial charge in [0.05, 0.1) is 0 Å². The maximum absolute atomic E-state index is 6.29. The molecule has 3 heteroatoms. The molecular formula is C16H31N3. The number of hydrogen-bond acceptors (Lipinski definition) is 3. The van der Waals surface area contributed by atoms with E-state index in [-0.39, 0.29) is 5.54 Å². The normalized spacial score (nSPS) is 40.3. The molecule has 3 fully saturated rings. The van der Waals surface area contributed by atoms with Crippen molar-refractivity contribution in [3.05, 3.63) is 0 Å². The van der Waals surface area contributed by atoms with Crippen LogP contribution in [0.15, 0.2) is 0 Å². The summed E-state index contributed by atoms with van der Waals surface area (Å²) in [5.41, 5.74) is 6.95. The molecular weight excluding hydrogens is 234 g/mol. The minimum absolute atomic E-state index is 0.274. The van der Waals surface area contributed by atoms with Gasteiger partial charge in [-0.05, 0) is 37.6 Å². The number of nitrogens with two attached hydrogens (primary N) is 1. The van der Waals surface area contributed by atoms with Crippen LogP contribution in [0.2, 0.25) is 0 Å². The van der Waals surface area contributed by atoms with Crippen LogP contribution in [0.1, 0.15) is 52.4 Å². The third-order valence-corrected chi connectivity index (χ3v) is 6.43. The highest BCUT2D eigenvalue weighted by molar-refractivity contribution is 5.08. The van der Waals surface area contributed by atoms with Gasteiger partial charge in [-0.25, -0.2) is 0 Å². The molecule has 1 saturated carbocycles. The Morgan fingerprint density at radius 3 is 2.58 bits per heavy atom. The lowest BCUT2D eigenvalue weighted by Crippen LogP contribution is -2.66. The van der Waals surface area contributed by atoms with Crippen molar-refractivity contribution in [3.63, 3.8) is 0 Å². The van der Waals surface area contributed by atoms with Gasteiger partial charge in [0.1, 0.15) is 0 Å². The van der Waals surface area contributed by atoms with E-state index in [2.05, 4.69) is 23.6 Å². The van der Waals surface area contributed by atoms with Gasteiger partial charge in [0.25, 0.3) is 0 Å². The van der Waals surface area contributed by atoms with Gasteiger partial charge < -0.3 is 5.73 Å². The first kappa shape index (κ1) is 13.8. The molecule has 2 unspecified atom stereocenters. The van der Waals surface area contributed by atoms with Gasteiger partial charge in [-0.2, -0.15) is 0 Å². The van der Waals surface area contributed by atoms with Crippen LogP contribution < -0.4 is 5.73 Å². The van der Waals surface area contributed by atoms with Crippen LogP contribution in [0.25, 0.3) is 0 Å². The zero-order valence-electron chi connectivity index (χ0n) is 12.8. The second kappa shape index (κ2) is 5.01. The summed E-state index contributed by atoms with van der Waals surface area (Å²) in [6.07, 6.45) is 8.24.